The van der Waals surface area contributed by atoms with Crippen LogP contribution in [0.3, 0.4) is 0 Å². The summed E-state index contributed by atoms with van der Waals surface area (Å²) in [7, 11) is 0. The summed E-state index contributed by atoms with van der Waals surface area (Å²) in [5.74, 6) is 0. The zero-order chi connectivity index (χ0) is 12.2. The number of piperazine rings is 2. The van der Waals surface area contributed by atoms with Gasteiger partial charge in [-0.15, -0.1) is 0 Å². The number of fused-ring (bicyclic) bond motifs is 1. The van der Waals surface area contributed by atoms with E-state index in [1.54, 1.807) is 0 Å². The SMILES string of the molecule is C(CN1CCNCC1)CN1CCN2CCCC2C1. The number of rotatable bonds is 4. The van der Waals surface area contributed by atoms with Crippen molar-refractivity contribution in [2.24, 2.45) is 0 Å². The molecule has 4 heteroatoms. The van der Waals surface area contributed by atoms with Crippen LogP contribution in [0.25, 0.3) is 0 Å². The van der Waals surface area contributed by atoms with Crippen molar-refractivity contribution in [3.63, 3.8) is 0 Å². The lowest BCUT2D eigenvalue weighted by atomic mass is 10.1. The van der Waals surface area contributed by atoms with Crippen molar-refractivity contribution < 1.29 is 0 Å². The molecule has 1 N–H and O–H groups in total. The predicted octanol–water partition coefficient (Wildman–Crippen LogP) is 0.0617. The second-order valence-corrected chi connectivity index (χ2v) is 6.08. The molecule has 0 amide bonds. The first-order valence-electron chi connectivity index (χ1n) is 7.81. The van der Waals surface area contributed by atoms with E-state index in [0.29, 0.717) is 0 Å². The number of nitrogens with zero attached hydrogens (tertiary/aromatic N) is 3. The van der Waals surface area contributed by atoms with Crippen LogP contribution >= 0.6 is 0 Å². The van der Waals surface area contributed by atoms with Crippen molar-refractivity contribution in [2.45, 2.75) is 25.3 Å². The Bertz CT molecular complexity index is 252. The summed E-state index contributed by atoms with van der Waals surface area (Å²) in [6.07, 6.45) is 4.22. The molecule has 0 aliphatic carbocycles. The highest BCUT2D eigenvalue weighted by molar-refractivity contribution is 4.86. The van der Waals surface area contributed by atoms with E-state index in [-0.39, 0.29) is 0 Å². The van der Waals surface area contributed by atoms with Crippen molar-refractivity contribution in [1.29, 1.82) is 0 Å². The third-order valence-electron chi connectivity index (χ3n) is 4.83. The van der Waals surface area contributed by atoms with Gasteiger partial charge in [0.2, 0.25) is 0 Å². The predicted molar refractivity (Wildman–Crippen MR) is 75.0 cm³/mol. The highest BCUT2D eigenvalue weighted by Crippen LogP contribution is 2.21. The maximum atomic E-state index is 3.42. The van der Waals surface area contributed by atoms with Gasteiger partial charge in [-0.3, -0.25) is 4.90 Å². The maximum absolute atomic E-state index is 3.42. The largest absolute Gasteiger partial charge is 0.314 e. The monoisotopic (exact) mass is 252 g/mol. The molecule has 0 saturated carbocycles. The number of nitrogens with one attached hydrogen (secondary N) is 1. The van der Waals surface area contributed by atoms with Gasteiger partial charge < -0.3 is 15.1 Å². The van der Waals surface area contributed by atoms with E-state index in [9.17, 15) is 0 Å². The van der Waals surface area contributed by atoms with E-state index < -0.39 is 0 Å². The van der Waals surface area contributed by atoms with E-state index in [2.05, 4.69) is 20.0 Å². The molecule has 0 spiro atoms. The molecule has 104 valence electrons. The van der Waals surface area contributed by atoms with Crippen LogP contribution in [0.5, 0.6) is 0 Å². The molecule has 0 aromatic rings. The van der Waals surface area contributed by atoms with Crippen molar-refractivity contribution in [3.05, 3.63) is 0 Å². The van der Waals surface area contributed by atoms with Gasteiger partial charge in [-0.1, -0.05) is 0 Å². The second-order valence-electron chi connectivity index (χ2n) is 6.08. The van der Waals surface area contributed by atoms with Crippen LogP contribution in [0, 0.1) is 0 Å². The van der Waals surface area contributed by atoms with E-state index in [0.717, 1.165) is 6.04 Å². The first-order chi connectivity index (χ1) is 8.92. The molecule has 3 fully saturated rings. The van der Waals surface area contributed by atoms with E-state index in [4.69, 9.17) is 0 Å². The van der Waals surface area contributed by atoms with E-state index >= 15 is 0 Å². The van der Waals surface area contributed by atoms with Crippen LogP contribution in [0.4, 0.5) is 0 Å². The van der Waals surface area contributed by atoms with Crippen molar-refractivity contribution in [1.82, 2.24) is 20.0 Å². The van der Waals surface area contributed by atoms with Crippen LogP contribution in [-0.2, 0) is 0 Å². The van der Waals surface area contributed by atoms with Crippen LogP contribution in [0.1, 0.15) is 19.3 Å². The van der Waals surface area contributed by atoms with Crippen LogP contribution < -0.4 is 5.32 Å². The minimum atomic E-state index is 0.887. The third kappa shape index (κ3) is 3.23. The standard InChI is InChI=1S/C14H28N4/c1-3-14-13-17(11-12-18(14)8-1)7-2-6-16-9-4-15-5-10-16/h14-15H,1-13H2. The maximum Gasteiger partial charge on any atom is 0.0224 e. The molecule has 1 atom stereocenters. The lowest BCUT2D eigenvalue weighted by molar-refractivity contribution is 0.0995. The number of hydrogen-bond acceptors (Lipinski definition) is 4. The Labute approximate surface area is 111 Å². The average Bonchev–Trinajstić information content (AvgIpc) is 2.87. The minimum absolute atomic E-state index is 0.887. The van der Waals surface area contributed by atoms with Gasteiger partial charge in [0, 0.05) is 51.9 Å². The van der Waals surface area contributed by atoms with Gasteiger partial charge in [0.1, 0.15) is 0 Å². The van der Waals surface area contributed by atoms with Crippen LogP contribution in [0.15, 0.2) is 0 Å². The van der Waals surface area contributed by atoms with E-state index in [1.165, 1.54) is 84.7 Å². The molecule has 0 radical (unpaired) electrons. The molecule has 3 heterocycles. The van der Waals surface area contributed by atoms with E-state index in [1.807, 2.05) is 0 Å². The molecule has 3 rings (SSSR count). The molecule has 3 saturated heterocycles. The highest BCUT2D eigenvalue weighted by atomic mass is 15.3. The van der Waals surface area contributed by atoms with Crippen LogP contribution in [0.2, 0.25) is 0 Å². The normalized spacial score (nSPS) is 31.7. The van der Waals surface area contributed by atoms with Gasteiger partial charge in [0.15, 0.2) is 0 Å². The topological polar surface area (TPSA) is 21.8 Å². The summed E-state index contributed by atoms with van der Waals surface area (Å²) in [5, 5.41) is 3.42. The second kappa shape index (κ2) is 6.33. The Morgan fingerprint density at radius 1 is 0.889 bits per heavy atom. The lowest BCUT2D eigenvalue weighted by Gasteiger charge is -2.38. The smallest absolute Gasteiger partial charge is 0.0224 e. The summed E-state index contributed by atoms with van der Waals surface area (Å²) < 4.78 is 0. The van der Waals surface area contributed by atoms with Gasteiger partial charge in [0.05, 0.1) is 0 Å². The molecule has 4 nitrogen and oxygen atoms in total. The summed E-state index contributed by atoms with van der Waals surface area (Å²) >= 11 is 0. The fourth-order valence-electron chi connectivity index (χ4n) is 3.71. The average molecular weight is 252 g/mol. The van der Waals surface area contributed by atoms with Crippen molar-refractivity contribution in [3.8, 4) is 0 Å². The Balaban J connectivity index is 1.33. The summed E-state index contributed by atoms with van der Waals surface area (Å²) in [6, 6.07) is 0.887. The van der Waals surface area contributed by atoms with Gasteiger partial charge >= 0.3 is 0 Å². The molecule has 0 aromatic heterocycles. The Hall–Kier alpha value is -0.160. The summed E-state index contributed by atoms with van der Waals surface area (Å²) in [4.78, 5) is 8.02. The van der Waals surface area contributed by atoms with Gasteiger partial charge in [-0.2, -0.15) is 0 Å². The van der Waals surface area contributed by atoms with Gasteiger partial charge in [0.25, 0.3) is 0 Å². The number of hydrogen-bond donors (Lipinski definition) is 1. The molecule has 18 heavy (non-hydrogen) atoms. The molecular formula is C14H28N4. The molecule has 3 aliphatic heterocycles. The minimum Gasteiger partial charge on any atom is -0.314 e. The Morgan fingerprint density at radius 2 is 1.72 bits per heavy atom. The summed E-state index contributed by atoms with van der Waals surface area (Å²) in [5.41, 5.74) is 0. The summed E-state index contributed by atoms with van der Waals surface area (Å²) in [6.45, 7) is 12.8. The highest BCUT2D eigenvalue weighted by Gasteiger charge is 2.30. The fourth-order valence-corrected chi connectivity index (χ4v) is 3.71. The first-order valence-corrected chi connectivity index (χ1v) is 7.81. The first kappa shape index (κ1) is 12.9. The Kier molecular flexibility index (Phi) is 4.52. The van der Waals surface area contributed by atoms with Crippen LogP contribution in [-0.4, -0.2) is 86.2 Å². The van der Waals surface area contributed by atoms with Gasteiger partial charge in [-0.25, -0.2) is 0 Å². The molecular weight excluding hydrogens is 224 g/mol. The third-order valence-corrected chi connectivity index (χ3v) is 4.83. The zero-order valence-electron chi connectivity index (χ0n) is 11.6. The van der Waals surface area contributed by atoms with Crippen molar-refractivity contribution >= 4 is 0 Å². The zero-order valence-corrected chi connectivity index (χ0v) is 11.6. The Morgan fingerprint density at radius 3 is 2.61 bits per heavy atom. The molecule has 0 aromatic carbocycles. The fraction of sp³-hybridized carbons (Fsp3) is 1.00. The lowest BCUT2D eigenvalue weighted by Crippen LogP contribution is -2.50. The molecule has 1 unspecified atom stereocenters. The quantitative estimate of drug-likeness (QED) is 0.764. The van der Waals surface area contributed by atoms with Crippen molar-refractivity contribution in [2.75, 3.05) is 65.4 Å². The molecule has 3 aliphatic rings. The van der Waals surface area contributed by atoms with Gasteiger partial charge in [-0.05, 0) is 38.9 Å². The molecule has 0 bridgehead atoms.